The maximum atomic E-state index is 11.7. The van der Waals surface area contributed by atoms with Crippen LogP contribution in [0.4, 0.5) is 4.79 Å². The van der Waals surface area contributed by atoms with E-state index >= 15 is 0 Å². The molecule has 1 heterocycles. The number of nitrogens with zero attached hydrogens (tertiary/aromatic N) is 1. The van der Waals surface area contributed by atoms with E-state index in [1.165, 1.54) is 0 Å². The van der Waals surface area contributed by atoms with Crippen molar-refractivity contribution >= 4 is 17.8 Å². The minimum atomic E-state index is -0.694. The first-order chi connectivity index (χ1) is 10.7. The Morgan fingerprint density at radius 2 is 1.83 bits per heavy atom. The van der Waals surface area contributed by atoms with E-state index in [1.54, 1.807) is 25.8 Å². The summed E-state index contributed by atoms with van der Waals surface area (Å²) >= 11 is 5.93. The van der Waals surface area contributed by atoms with E-state index < -0.39 is 11.8 Å². The first-order valence-corrected chi connectivity index (χ1v) is 8.15. The van der Waals surface area contributed by atoms with Gasteiger partial charge in [0.05, 0.1) is 6.61 Å². The number of aliphatic hydroxyl groups excluding tert-OH is 1. The van der Waals surface area contributed by atoms with Gasteiger partial charge in [0, 0.05) is 23.5 Å². The number of hydroxylamine groups is 2. The fraction of sp³-hybridized carbons (Fsp3) is 0.588. The predicted octanol–water partition coefficient (Wildman–Crippen LogP) is 3.53. The lowest BCUT2D eigenvalue weighted by atomic mass is 9.74. The Kier molecular flexibility index (Phi) is 5.55. The number of aliphatic hydroxyl groups is 1. The summed E-state index contributed by atoms with van der Waals surface area (Å²) in [7, 11) is 0. The SMILES string of the molecule is CC(C)(C)OC(=O)ON1CCC(CO)(c2ccc(Cl)cc2)CC1. The molecule has 1 aliphatic rings. The van der Waals surface area contributed by atoms with E-state index in [4.69, 9.17) is 21.2 Å². The third-order valence-corrected chi connectivity index (χ3v) is 4.28. The van der Waals surface area contributed by atoms with Gasteiger partial charge in [-0.1, -0.05) is 23.7 Å². The fourth-order valence-electron chi connectivity index (χ4n) is 2.72. The normalized spacial score (nSPS) is 18.5. The quantitative estimate of drug-likeness (QED) is 0.852. The largest absolute Gasteiger partial charge is 0.528 e. The van der Waals surface area contributed by atoms with Crippen molar-refractivity contribution in [2.24, 2.45) is 0 Å². The van der Waals surface area contributed by atoms with Crippen molar-refractivity contribution < 1.29 is 19.5 Å². The van der Waals surface area contributed by atoms with Crippen molar-refractivity contribution in [3.05, 3.63) is 34.9 Å². The van der Waals surface area contributed by atoms with Crippen LogP contribution < -0.4 is 0 Å². The lowest BCUT2D eigenvalue weighted by molar-refractivity contribution is -0.159. The minimum Gasteiger partial charge on any atom is -0.427 e. The van der Waals surface area contributed by atoms with E-state index in [1.807, 2.05) is 24.3 Å². The third-order valence-electron chi connectivity index (χ3n) is 4.03. The van der Waals surface area contributed by atoms with Gasteiger partial charge < -0.3 is 14.7 Å². The molecule has 0 bridgehead atoms. The van der Waals surface area contributed by atoms with E-state index in [-0.39, 0.29) is 12.0 Å². The molecule has 0 aromatic heterocycles. The van der Waals surface area contributed by atoms with Crippen LogP contribution in [0.1, 0.15) is 39.2 Å². The highest BCUT2D eigenvalue weighted by atomic mass is 35.5. The number of hydrogen-bond acceptors (Lipinski definition) is 5. The summed E-state index contributed by atoms with van der Waals surface area (Å²) in [4.78, 5) is 16.9. The second kappa shape index (κ2) is 7.07. The van der Waals surface area contributed by atoms with Gasteiger partial charge in [0.2, 0.25) is 0 Å². The van der Waals surface area contributed by atoms with Gasteiger partial charge in [-0.3, -0.25) is 0 Å². The molecular weight excluding hydrogens is 318 g/mol. The zero-order valence-corrected chi connectivity index (χ0v) is 14.6. The van der Waals surface area contributed by atoms with Crippen molar-refractivity contribution in [2.45, 2.75) is 44.6 Å². The molecule has 1 N–H and O–H groups in total. The van der Waals surface area contributed by atoms with E-state index in [2.05, 4.69) is 0 Å². The summed E-state index contributed by atoms with van der Waals surface area (Å²) < 4.78 is 5.15. The third kappa shape index (κ3) is 4.83. The molecule has 0 saturated carbocycles. The number of hydrogen-bond donors (Lipinski definition) is 1. The molecule has 5 nitrogen and oxygen atoms in total. The predicted molar refractivity (Wildman–Crippen MR) is 88.3 cm³/mol. The summed E-state index contributed by atoms with van der Waals surface area (Å²) in [6.07, 6.45) is 0.683. The van der Waals surface area contributed by atoms with Crippen LogP contribution in [0, 0.1) is 0 Å². The van der Waals surface area contributed by atoms with Gasteiger partial charge in [0.25, 0.3) is 0 Å². The molecular formula is C17H24ClNO4. The summed E-state index contributed by atoms with van der Waals surface area (Å²) in [5.74, 6) is 0. The Hall–Kier alpha value is -1.30. The second-order valence-electron chi connectivity index (χ2n) is 6.93. The summed E-state index contributed by atoms with van der Waals surface area (Å²) in [6, 6.07) is 7.56. The zero-order valence-electron chi connectivity index (χ0n) is 13.8. The molecule has 0 amide bonds. The second-order valence-corrected chi connectivity index (χ2v) is 7.37. The molecule has 1 aromatic rings. The molecule has 128 valence electrons. The fourth-order valence-corrected chi connectivity index (χ4v) is 2.85. The van der Waals surface area contributed by atoms with Crippen LogP contribution in [0.15, 0.2) is 24.3 Å². The van der Waals surface area contributed by atoms with Crippen LogP contribution in [-0.2, 0) is 15.0 Å². The Bertz CT molecular complexity index is 531. The smallest absolute Gasteiger partial charge is 0.427 e. The van der Waals surface area contributed by atoms with Crippen LogP contribution in [-0.4, -0.2) is 41.6 Å². The molecule has 6 heteroatoms. The summed E-state index contributed by atoms with van der Waals surface area (Å²) in [5.41, 5.74) is 0.157. The van der Waals surface area contributed by atoms with Crippen LogP contribution in [0.5, 0.6) is 0 Å². The average Bonchev–Trinajstić information content (AvgIpc) is 2.47. The molecule has 2 rings (SSSR count). The number of rotatable bonds is 3. The van der Waals surface area contributed by atoms with Crippen molar-refractivity contribution in [3.63, 3.8) is 0 Å². The van der Waals surface area contributed by atoms with E-state index in [0.717, 1.165) is 5.56 Å². The minimum absolute atomic E-state index is 0.0505. The number of benzene rings is 1. The molecule has 1 aromatic carbocycles. The van der Waals surface area contributed by atoms with Crippen molar-refractivity contribution in [1.82, 2.24) is 5.06 Å². The molecule has 0 spiro atoms. The van der Waals surface area contributed by atoms with Crippen LogP contribution in [0.25, 0.3) is 0 Å². The molecule has 0 atom stereocenters. The molecule has 0 radical (unpaired) electrons. The van der Waals surface area contributed by atoms with E-state index in [9.17, 15) is 9.90 Å². The first-order valence-electron chi connectivity index (χ1n) is 7.77. The summed E-state index contributed by atoms with van der Waals surface area (Å²) in [5, 5.41) is 12.2. The molecule has 0 unspecified atom stereocenters. The van der Waals surface area contributed by atoms with Gasteiger partial charge in [-0.15, -0.1) is 5.06 Å². The molecule has 0 aliphatic carbocycles. The van der Waals surface area contributed by atoms with Gasteiger partial charge >= 0.3 is 6.16 Å². The van der Waals surface area contributed by atoms with Gasteiger partial charge in [-0.25, -0.2) is 4.79 Å². The highest BCUT2D eigenvalue weighted by Crippen LogP contribution is 2.35. The molecule has 23 heavy (non-hydrogen) atoms. The van der Waals surface area contributed by atoms with Crippen molar-refractivity contribution in [2.75, 3.05) is 19.7 Å². The lowest BCUT2D eigenvalue weighted by Crippen LogP contribution is -2.45. The number of piperidine rings is 1. The van der Waals surface area contributed by atoms with Crippen molar-refractivity contribution in [1.29, 1.82) is 0 Å². The van der Waals surface area contributed by atoms with E-state index in [0.29, 0.717) is 31.0 Å². The molecule has 1 aliphatic heterocycles. The monoisotopic (exact) mass is 341 g/mol. The van der Waals surface area contributed by atoms with Crippen LogP contribution >= 0.6 is 11.6 Å². The Morgan fingerprint density at radius 3 is 2.30 bits per heavy atom. The number of ether oxygens (including phenoxy) is 1. The van der Waals surface area contributed by atoms with Crippen molar-refractivity contribution in [3.8, 4) is 0 Å². The average molecular weight is 342 g/mol. The maximum Gasteiger partial charge on any atom is 0.528 e. The standard InChI is InChI=1S/C17H24ClNO4/c1-16(2,3)22-15(21)23-19-10-8-17(12-20,9-11-19)13-4-6-14(18)7-5-13/h4-7,20H,8-12H2,1-3H3. The van der Waals surface area contributed by atoms with Gasteiger partial charge in [0.15, 0.2) is 0 Å². The zero-order chi connectivity index (χ0) is 17.1. The van der Waals surface area contributed by atoms with Gasteiger partial charge in [-0.05, 0) is 51.3 Å². The number of halogens is 1. The Morgan fingerprint density at radius 1 is 1.26 bits per heavy atom. The topological polar surface area (TPSA) is 59.0 Å². The Balaban J connectivity index is 1.96. The van der Waals surface area contributed by atoms with Crippen LogP contribution in [0.2, 0.25) is 5.02 Å². The summed E-state index contributed by atoms with van der Waals surface area (Å²) in [6.45, 7) is 6.52. The highest BCUT2D eigenvalue weighted by Gasteiger charge is 2.37. The maximum absolute atomic E-state index is 11.7. The van der Waals surface area contributed by atoms with Crippen LogP contribution in [0.3, 0.4) is 0 Å². The number of carbonyl (C=O) groups is 1. The lowest BCUT2D eigenvalue weighted by Gasteiger charge is -2.40. The first kappa shape index (κ1) is 18.0. The van der Waals surface area contributed by atoms with Gasteiger partial charge in [-0.2, -0.15) is 0 Å². The molecule has 1 fully saturated rings. The Labute approximate surface area is 142 Å². The van der Waals surface area contributed by atoms with Gasteiger partial charge in [0.1, 0.15) is 5.60 Å². The molecule has 1 saturated heterocycles. The highest BCUT2D eigenvalue weighted by molar-refractivity contribution is 6.30. The number of carbonyl (C=O) groups excluding carboxylic acids is 1.